The van der Waals surface area contributed by atoms with E-state index in [-0.39, 0.29) is 23.6 Å². The molecule has 0 radical (unpaired) electrons. The molecule has 0 saturated heterocycles. The molecule has 37 heavy (non-hydrogen) atoms. The number of hydrogen-bond acceptors (Lipinski definition) is 9. The number of rotatable bonds is 7. The fourth-order valence-electron chi connectivity index (χ4n) is 4.05. The molecule has 2 aromatic carbocycles. The monoisotopic (exact) mass is 587 g/mol. The summed E-state index contributed by atoms with van der Waals surface area (Å²) >= 11 is 4.60. The van der Waals surface area contributed by atoms with Crippen LogP contribution >= 0.6 is 27.3 Å². The van der Waals surface area contributed by atoms with E-state index in [4.69, 9.17) is 14.2 Å². The second-order valence-corrected chi connectivity index (χ2v) is 9.75. The summed E-state index contributed by atoms with van der Waals surface area (Å²) in [6.45, 7) is 3.56. The van der Waals surface area contributed by atoms with Crippen molar-refractivity contribution in [3.05, 3.63) is 93.1 Å². The van der Waals surface area contributed by atoms with Crippen molar-refractivity contribution in [2.24, 2.45) is 4.99 Å². The molecule has 1 atom stereocenters. The summed E-state index contributed by atoms with van der Waals surface area (Å²) in [6.07, 6.45) is 1.56. The maximum absolute atomic E-state index is 13.7. The number of ether oxygens (including phenoxy) is 3. The summed E-state index contributed by atoms with van der Waals surface area (Å²) in [5, 5.41) is 11.4. The standard InChI is InChI=1S/C25H22BrN3O7S/c1-5-36-24(31)21-13(2)27-25-28(22(21)15-7-9-18(34-3)16(26)12-15)23(30)20(37-25)11-14-6-8-19(35-4)17(10-14)29(32)33/h6-12,22H,5H2,1-4H3/b20-11+/t22-/m1/s1. The third kappa shape index (κ3) is 4.94. The van der Waals surface area contributed by atoms with Crippen LogP contribution in [0, 0.1) is 10.1 Å². The molecule has 1 aliphatic heterocycles. The highest BCUT2D eigenvalue weighted by atomic mass is 79.9. The fourth-order valence-corrected chi connectivity index (χ4v) is 5.66. The Morgan fingerprint density at radius 1 is 1.22 bits per heavy atom. The molecular formula is C25H22BrN3O7S. The van der Waals surface area contributed by atoms with Crippen molar-refractivity contribution in [3.8, 4) is 11.5 Å². The van der Waals surface area contributed by atoms with Crippen molar-refractivity contribution in [1.82, 2.24) is 4.57 Å². The number of nitrogens with zero attached hydrogens (tertiary/aromatic N) is 3. The summed E-state index contributed by atoms with van der Waals surface area (Å²) in [7, 11) is 2.89. The Kier molecular flexibility index (Phi) is 7.60. The van der Waals surface area contributed by atoms with Gasteiger partial charge in [-0.05, 0) is 65.2 Å². The maximum Gasteiger partial charge on any atom is 0.338 e. The molecule has 4 rings (SSSR count). The molecule has 2 heterocycles. The number of carbonyl (C=O) groups excluding carboxylic acids is 1. The number of hydrogen-bond donors (Lipinski definition) is 0. The predicted octanol–water partition coefficient (Wildman–Crippen LogP) is 3.49. The largest absolute Gasteiger partial charge is 0.496 e. The first-order valence-corrected chi connectivity index (χ1v) is 12.7. The molecule has 0 unspecified atom stereocenters. The van der Waals surface area contributed by atoms with E-state index in [0.717, 1.165) is 11.3 Å². The van der Waals surface area contributed by atoms with Gasteiger partial charge in [0.2, 0.25) is 0 Å². The number of fused-ring (bicyclic) bond motifs is 1. The first-order chi connectivity index (χ1) is 17.7. The Bertz CT molecular complexity index is 1620. The van der Waals surface area contributed by atoms with Crippen LogP contribution in [0.3, 0.4) is 0 Å². The van der Waals surface area contributed by atoms with Gasteiger partial charge in [0.05, 0.1) is 52.1 Å². The topological polar surface area (TPSA) is 122 Å². The van der Waals surface area contributed by atoms with Crippen molar-refractivity contribution in [2.45, 2.75) is 19.9 Å². The molecule has 0 fully saturated rings. The molecule has 1 aromatic heterocycles. The van der Waals surface area contributed by atoms with E-state index in [1.807, 2.05) is 0 Å². The lowest BCUT2D eigenvalue weighted by Crippen LogP contribution is -2.39. The number of benzene rings is 2. The number of aromatic nitrogens is 1. The number of esters is 1. The van der Waals surface area contributed by atoms with Crippen LogP contribution in [0.5, 0.6) is 11.5 Å². The Labute approximate surface area is 223 Å². The second kappa shape index (κ2) is 10.7. The number of carbonyl (C=O) groups is 1. The highest BCUT2D eigenvalue weighted by Gasteiger charge is 2.33. The zero-order valence-corrected chi connectivity index (χ0v) is 22.7. The van der Waals surface area contributed by atoms with Crippen molar-refractivity contribution >= 4 is 45.0 Å². The van der Waals surface area contributed by atoms with E-state index in [2.05, 4.69) is 20.9 Å². The minimum absolute atomic E-state index is 0.114. The maximum atomic E-state index is 13.7. The van der Waals surface area contributed by atoms with Gasteiger partial charge in [-0.15, -0.1) is 0 Å². The van der Waals surface area contributed by atoms with Gasteiger partial charge in [0.15, 0.2) is 10.6 Å². The van der Waals surface area contributed by atoms with Gasteiger partial charge in [-0.3, -0.25) is 19.5 Å². The van der Waals surface area contributed by atoms with Crippen LogP contribution in [-0.4, -0.2) is 36.3 Å². The normalized spacial score (nSPS) is 15.2. The third-order valence-corrected chi connectivity index (χ3v) is 7.31. The smallest absolute Gasteiger partial charge is 0.338 e. The van der Waals surface area contributed by atoms with Gasteiger partial charge in [0, 0.05) is 6.07 Å². The highest BCUT2D eigenvalue weighted by molar-refractivity contribution is 9.10. The SMILES string of the molecule is CCOC(=O)C1=C(C)N=c2s/c(=C/c3ccc(OC)c([N+](=O)[O-])c3)c(=O)n2[C@@H]1c1ccc(OC)c(Br)c1. The lowest BCUT2D eigenvalue weighted by molar-refractivity contribution is -0.385. The average Bonchev–Trinajstić information content (AvgIpc) is 3.17. The fraction of sp³-hybridized carbons (Fsp3) is 0.240. The summed E-state index contributed by atoms with van der Waals surface area (Å²) in [5.74, 6) is 0.139. The van der Waals surface area contributed by atoms with Gasteiger partial charge in [-0.2, -0.15) is 0 Å². The van der Waals surface area contributed by atoms with Crippen LogP contribution in [0.2, 0.25) is 0 Å². The van der Waals surface area contributed by atoms with Crippen LogP contribution in [-0.2, 0) is 9.53 Å². The van der Waals surface area contributed by atoms with Crippen LogP contribution in [0.1, 0.15) is 31.0 Å². The van der Waals surface area contributed by atoms with E-state index < -0.39 is 22.5 Å². The van der Waals surface area contributed by atoms with Gasteiger partial charge >= 0.3 is 11.7 Å². The Morgan fingerprint density at radius 3 is 2.54 bits per heavy atom. The molecule has 0 bridgehead atoms. The Morgan fingerprint density at radius 2 is 1.92 bits per heavy atom. The van der Waals surface area contributed by atoms with Crippen LogP contribution < -0.4 is 24.4 Å². The first kappa shape index (κ1) is 26.3. The van der Waals surface area contributed by atoms with Gasteiger partial charge < -0.3 is 14.2 Å². The minimum Gasteiger partial charge on any atom is -0.496 e. The van der Waals surface area contributed by atoms with Crippen LogP contribution in [0.4, 0.5) is 5.69 Å². The first-order valence-electron chi connectivity index (χ1n) is 11.1. The number of methoxy groups -OCH3 is 2. The third-order valence-electron chi connectivity index (χ3n) is 5.71. The molecule has 0 aliphatic carbocycles. The lowest BCUT2D eigenvalue weighted by Gasteiger charge is -2.25. The van der Waals surface area contributed by atoms with E-state index in [1.165, 1.54) is 23.8 Å². The quantitative estimate of drug-likeness (QED) is 0.235. The lowest BCUT2D eigenvalue weighted by atomic mass is 9.96. The molecule has 0 amide bonds. The number of halogens is 1. The van der Waals surface area contributed by atoms with Gasteiger partial charge in [-0.1, -0.05) is 23.5 Å². The van der Waals surface area contributed by atoms with E-state index in [1.54, 1.807) is 51.3 Å². The molecular weight excluding hydrogens is 566 g/mol. The summed E-state index contributed by atoms with van der Waals surface area (Å²) < 4.78 is 18.1. The van der Waals surface area contributed by atoms with Crippen molar-refractivity contribution < 1.29 is 23.9 Å². The van der Waals surface area contributed by atoms with Crippen molar-refractivity contribution in [2.75, 3.05) is 20.8 Å². The van der Waals surface area contributed by atoms with E-state index >= 15 is 0 Å². The van der Waals surface area contributed by atoms with Gasteiger partial charge in [0.1, 0.15) is 5.75 Å². The summed E-state index contributed by atoms with van der Waals surface area (Å²) in [5.41, 5.74) is 1.17. The number of nitro groups is 1. The number of thiazole rings is 1. The zero-order chi connectivity index (χ0) is 26.9. The number of nitro benzene ring substituents is 1. The summed E-state index contributed by atoms with van der Waals surface area (Å²) in [4.78, 5) is 42.5. The molecule has 3 aromatic rings. The van der Waals surface area contributed by atoms with E-state index in [0.29, 0.717) is 36.4 Å². The molecule has 12 heteroatoms. The molecule has 0 spiro atoms. The van der Waals surface area contributed by atoms with Crippen molar-refractivity contribution in [3.63, 3.8) is 0 Å². The minimum atomic E-state index is -0.801. The zero-order valence-electron chi connectivity index (χ0n) is 20.3. The van der Waals surface area contributed by atoms with Crippen LogP contribution in [0.15, 0.2) is 61.9 Å². The molecule has 10 nitrogen and oxygen atoms in total. The number of allylic oxidation sites excluding steroid dienone is 1. The predicted molar refractivity (Wildman–Crippen MR) is 141 cm³/mol. The summed E-state index contributed by atoms with van der Waals surface area (Å²) in [6, 6.07) is 8.93. The average molecular weight is 588 g/mol. The molecule has 1 aliphatic rings. The molecule has 0 saturated carbocycles. The molecule has 0 N–H and O–H groups in total. The van der Waals surface area contributed by atoms with E-state index in [9.17, 15) is 19.7 Å². The Hall–Kier alpha value is -3.77. The van der Waals surface area contributed by atoms with Crippen LogP contribution in [0.25, 0.3) is 6.08 Å². The Balaban J connectivity index is 1.95. The van der Waals surface area contributed by atoms with Crippen molar-refractivity contribution in [1.29, 1.82) is 0 Å². The van der Waals surface area contributed by atoms with Gasteiger partial charge in [0.25, 0.3) is 5.56 Å². The van der Waals surface area contributed by atoms with Gasteiger partial charge in [-0.25, -0.2) is 9.79 Å². The molecule has 192 valence electrons. The second-order valence-electron chi connectivity index (χ2n) is 7.88. The highest BCUT2D eigenvalue weighted by Crippen LogP contribution is 2.35.